The maximum absolute atomic E-state index is 13.1. The fourth-order valence-corrected chi connectivity index (χ4v) is 5.11. The lowest BCUT2D eigenvalue weighted by Crippen LogP contribution is -2.37. The van der Waals surface area contributed by atoms with Gasteiger partial charge in [0.05, 0.1) is 11.6 Å². The Balaban J connectivity index is 1.14. The molecule has 0 unspecified atom stereocenters. The van der Waals surface area contributed by atoms with Crippen LogP contribution in [0.25, 0.3) is 11.4 Å². The quantitative estimate of drug-likeness (QED) is 0.253. The molecule has 4 aromatic rings. The highest BCUT2D eigenvalue weighted by Crippen LogP contribution is 2.27. The number of rotatable bonds is 7. The van der Waals surface area contributed by atoms with E-state index < -0.39 is 0 Å². The number of amides is 1. The van der Waals surface area contributed by atoms with Crippen LogP contribution in [-0.2, 0) is 16.8 Å². The van der Waals surface area contributed by atoms with E-state index in [2.05, 4.69) is 41.1 Å². The topological polar surface area (TPSA) is 88.3 Å². The highest BCUT2D eigenvalue weighted by molar-refractivity contribution is 6.33. The molecule has 1 amide bonds. The van der Waals surface area contributed by atoms with E-state index in [1.807, 2.05) is 48.5 Å². The number of aromatic nitrogens is 2. The highest BCUT2D eigenvalue weighted by Gasteiger charge is 2.26. The van der Waals surface area contributed by atoms with Gasteiger partial charge in [0.1, 0.15) is 0 Å². The second kappa shape index (κ2) is 11.7. The molecule has 0 radical (unpaired) electrons. The average molecular weight is 557 g/mol. The molecule has 1 N–H and O–H groups in total. The fourth-order valence-electron chi connectivity index (χ4n) is 4.89. The van der Waals surface area contributed by atoms with Crippen molar-refractivity contribution in [1.29, 1.82) is 0 Å². The van der Waals surface area contributed by atoms with E-state index in [-0.39, 0.29) is 23.0 Å². The molecule has 3 aromatic carbocycles. The number of halogens is 1. The van der Waals surface area contributed by atoms with Gasteiger partial charge in [-0.1, -0.05) is 86.1 Å². The summed E-state index contributed by atoms with van der Waals surface area (Å²) >= 11 is 6.25. The lowest BCUT2D eigenvalue weighted by atomic mass is 9.86. The van der Waals surface area contributed by atoms with Gasteiger partial charge in [0.25, 0.3) is 0 Å². The molecule has 8 heteroatoms. The summed E-state index contributed by atoms with van der Waals surface area (Å²) < 4.78 is 5.44. The zero-order chi connectivity index (χ0) is 28.3. The van der Waals surface area contributed by atoms with Crippen LogP contribution in [0.5, 0.6) is 0 Å². The van der Waals surface area contributed by atoms with E-state index >= 15 is 0 Å². The summed E-state index contributed by atoms with van der Waals surface area (Å²) in [5.41, 5.74) is 3.74. The van der Waals surface area contributed by atoms with Crippen LogP contribution in [0.2, 0.25) is 5.02 Å². The van der Waals surface area contributed by atoms with E-state index in [1.54, 1.807) is 24.3 Å². The van der Waals surface area contributed by atoms with Crippen molar-refractivity contribution in [1.82, 2.24) is 15.0 Å². The van der Waals surface area contributed by atoms with E-state index in [0.717, 1.165) is 31.5 Å². The van der Waals surface area contributed by atoms with Crippen LogP contribution in [0, 0.1) is 5.92 Å². The number of hydrogen-bond acceptors (Lipinski definition) is 6. The minimum Gasteiger partial charge on any atom is -0.338 e. The van der Waals surface area contributed by atoms with E-state index in [0.29, 0.717) is 40.1 Å². The van der Waals surface area contributed by atoms with Crippen molar-refractivity contribution in [2.24, 2.45) is 5.92 Å². The van der Waals surface area contributed by atoms with Gasteiger partial charge in [0.2, 0.25) is 17.6 Å². The predicted octanol–water partition coefficient (Wildman–Crippen LogP) is 6.77. The van der Waals surface area contributed by atoms with Crippen LogP contribution >= 0.6 is 11.6 Å². The molecule has 0 aliphatic carbocycles. The smallest absolute Gasteiger partial charge is 0.241 e. The van der Waals surface area contributed by atoms with Crippen LogP contribution < -0.4 is 5.32 Å². The number of nitrogens with one attached hydrogen (secondary N) is 1. The van der Waals surface area contributed by atoms with Gasteiger partial charge in [-0.2, -0.15) is 4.98 Å². The monoisotopic (exact) mass is 556 g/mol. The average Bonchev–Trinajstić information content (AvgIpc) is 3.41. The Morgan fingerprint density at radius 3 is 2.40 bits per heavy atom. The third kappa shape index (κ3) is 6.49. The molecule has 2 heterocycles. The molecule has 1 saturated heterocycles. The molecule has 0 bridgehead atoms. The third-order valence-corrected chi connectivity index (χ3v) is 7.64. The van der Waals surface area contributed by atoms with E-state index in [9.17, 15) is 9.59 Å². The van der Waals surface area contributed by atoms with Crippen LogP contribution in [0.15, 0.2) is 77.3 Å². The number of benzene rings is 3. The molecular weight excluding hydrogens is 524 g/mol. The minimum atomic E-state index is -0.109. The molecule has 1 aliphatic rings. The minimum absolute atomic E-state index is 0.0233. The van der Waals surface area contributed by atoms with Gasteiger partial charge in [0.15, 0.2) is 5.78 Å². The first-order chi connectivity index (χ1) is 19.2. The number of carbonyl (C=O) groups excluding carboxylic acids is 2. The lowest BCUT2D eigenvalue weighted by molar-refractivity contribution is -0.121. The summed E-state index contributed by atoms with van der Waals surface area (Å²) in [6.07, 6.45) is 1.44. The Bertz CT molecular complexity index is 1500. The first kappa shape index (κ1) is 27.7. The van der Waals surface area contributed by atoms with Gasteiger partial charge in [-0.3, -0.25) is 14.5 Å². The molecular formula is C32H33ClN4O3. The summed E-state index contributed by atoms with van der Waals surface area (Å²) in [7, 11) is 0. The SMILES string of the molecule is CC(C)(C)c1ccc(C(=O)c2cccc(NC(=O)C3CCN(Cc4nc(-c5ccccc5Cl)no4)CC3)c2)cc1. The van der Waals surface area contributed by atoms with E-state index in [4.69, 9.17) is 16.1 Å². The normalized spacial score (nSPS) is 14.7. The third-order valence-electron chi connectivity index (χ3n) is 7.31. The number of nitrogens with zero attached hydrogens (tertiary/aromatic N) is 3. The van der Waals surface area contributed by atoms with Crippen LogP contribution in [-0.4, -0.2) is 39.8 Å². The lowest BCUT2D eigenvalue weighted by Gasteiger charge is -2.30. The summed E-state index contributed by atoms with van der Waals surface area (Å²) in [5.74, 6) is 0.785. The molecule has 0 atom stereocenters. The largest absolute Gasteiger partial charge is 0.338 e. The first-order valence-corrected chi connectivity index (χ1v) is 13.9. The summed E-state index contributed by atoms with van der Waals surface area (Å²) in [6, 6.07) is 22.3. The number of anilines is 1. The van der Waals surface area contributed by atoms with Gasteiger partial charge in [0, 0.05) is 28.3 Å². The van der Waals surface area contributed by atoms with Crippen LogP contribution in [0.4, 0.5) is 5.69 Å². The molecule has 1 fully saturated rings. The number of piperidine rings is 1. The molecule has 0 saturated carbocycles. The Labute approximate surface area is 239 Å². The maximum Gasteiger partial charge on any atom is 0.241 e. The molecule has 0 spiro atoms. The van der Waals surface area contributed by atoms with Gasteiger partial charge in [-0.25, -0.2) is 0 Å². The Hall–Kier alpha value is -3.81. The van der Waals surface area contributed by atoms with Crippen LogP contribution in [0.3, 0.4) is 0 Å². The van der Waals surface area contributed by atoms with Crippen molar-refractivity contribution < 1.29 is 14.1 Å². The van der Waals surface area contributed by atoms with Gasteiger partial charge < -0.3 is 9.84 Å². The van der Waals surface area contributed by atoms with Crippen molar-refractivity contribution in [3.63, 3.8) is 0 Å². The summed E-state index contributed by atoms with van der Waals surface area (Å²) in [4.78, 5) is 32.8. The molecule has 5 rings (SSSR count). The van der Waals surface area contributed by atoms with Crippen molar-refractivity contribution in [3.05, 3.63) is 100 Å². The molecule has 1 aliphatic heterocycles. The van der Waals surface area contributed by atoms with Gasteiger partial charge in [-0.15, -0.1) is 0 Å². The number of ketones is 1. The number of hydrogen-bond donors (Lipinski definition) is 1. The molecule has 40 heavy (non-hydrogen) atoms. The van der Waals surface area contributed by atoms with Gasteiger partial charge >= 0.3 is 0 Å². The number of carbonyl (C=O) groups is 2. The van der Waals surface area contributed by atoms with Crippen LogP contribution in [0.1, 0.15) is 61.0 Å². The van der Waals surface area contributed by atoms with Crippen molar-refractivity contribution in [3.8, 4) is 11.4 Å². The van der Waals surface area contributed by atoms with Gasteiger partial charge in [-0.05, 0) is 61.2 Å². The van der Waals surface area contributed by atoms with E-state index in [1.165, 1.54) is 5.56 Å². The summed E-state index contributed by atoms with van der Waals surface area (Å²) in [5, 5.41) is 7.66. The number of likely N-dealkylation sites (tertiary alicyclic amines) is 1. The zero-order valence-corrected chi connectivity index (χ0v) is 23.7. The maximum atomic E-state index is 13.1. The molecule has 206 valence electrons. The Kier molecular flexibility index (Phi) is 8.14. The second-order valence-electron chi connectivity index (χ2n) is 11.3. The van der Waals surface area contributed by atoms with Crippen molar-refractivity contribution in [2.75, 3.05) is 18.4 Å². The highest BCUT2D eigenvalue weighted by atomic mass is 35.5. The standard InChI is InChI=1S/C32H33ClN4O3/c1-32(2,3)24-13-11-21(12-14-24)29(38)23-7-6-8-25(19-23)34-31(39)22-15-17-37(18-16-22)20-28-35-30(36-40-28)26-9-4-5-10-27(26)33/h4-14,19,22H,15-18,20H2,1-3H3,(H,34,39). The Morgan fingerprint density at radius 2 is 1.70 bits per heavy atom. The molecule has 7 nitrogen and oxygen atoms in total. The predicted molar refractivity (Wildman–Crippen MR) is 156 cm³/mol. The first-order valence-electron chi connectivity index (χ1n) is 13.5. The summed E-state index contributed by atoms with van der Waals surface area (Å²) in [6.45, 7) is 8.44. The Morgan fingerprint density at radius 1 is 0.975 bits per heavy atom. The van der Waals surface area contributed by atoms with Crippen molar-refractivity contribution >= 4 is 29.0 Å². The second-order valence-corrected chi connectivity index (χ2v) is 11.7. The van der Waals surface area contributed by atoms with Crippen molar-refractivity contribution in [2.45, 2.75) is 45.6 Å². The fraction of sp³-hybridized carbons (Fsp3) is 0.312. The zero-order valence-electron chi connectivity index (χ0n) is 23.0. The molecule has 1 aromatic heterocycles.